The summed E-state index contributed by atoms with van der Waals surface area (Å²) in [6.45, 7) is 7.93. The molecule has 188 valence electrons. The van der Waals surface area contributed by atoms with Gasteiger partial charge in [-0.05, 0) is 79.6 Å². The number of fused-ring (bicyclic) bond motifs is 4. The summed E-state index contributed by atoms with van der Waals surface area (Å²) in [7, 11) is 1.92. The lowest BCUT2D eigenvalue weighted by Crippen LogP contribution is -2.62. The van der Waals surface area contributed by atoms with E-state index in [1.807, 2.05) is 25.3 Å². The number of methoxy groups -OCH3 is 1. The number of hydrogen-bond donors (Lipinski definition) is 2. The fourth-order valence-electron chi connectivity index (χ4n) is 10.6. The van der Waals surface area contributed by atoms with Crippen molar-refractivity contribution in [2.24, 2.45) is 45.8 Å². The molecule has 5 aliphatic rings. The van der Waals surface area contributed by atoms with Gasteiger partial charge in [-0.15, -0.1) is 0 Å². The highest BCUT2D eigenvalue weighted by Gasteiger charge is 2.78. The molecule has 6 rings (SSSR count). The maximum Gasteiger partial charge on any atom is 0.101 e. The normalized spacial score (nSPS) is 51.8. The molecule has 0 amide bonds. The van der Waals surface area contributed by atoms with Gasteiger partial charge in [-0.1, -0.05) is 51.1 Å². The SMILES string of the molecule is CO[C@@H]1C[C@H]2[C@@H]3C[C@H](O)[C@](O)([C@H](C)COCc4ccccc4)[C@@]3(C)CC[C@@H]2[C@@]2(C)CC[C@H]3C[C@]312. The maximum atomic E-state index is 12.2. The van der Waals surface area contributed by atoms with Crippen LogP contribution in [0.4, 0.5) is 0 Å². The minimum Gasteiger partial charge on any atom is -0.390 e. The maximum absolute atomic E-state index is 12.2. The van der Waals surface area contributed by atoms with Gasteiger partial charge < -0.3 is 19.7 Å². The third-order valence-corrected chi connectivity index (χ3v) is 12.3. The molecule has 5 fully saturated rings. The second-order valence-electron chi connectivity index (χ2n) is 13.2. The van der Waals surface area contributed by atoms with Crippen LogP contribution in [0.5, 0.6) is 0 Å². The van der Waals surface area contributed by atoms with Crippen molar-refractivity contribution in [3.05, 3.63) is 35.9 Å². The topological polar surface area (TPSA) is 58.9 Å². The lowest BCUT2D eigenvalue weighted by atomic mass is 9.44. The Morgan fingerprint density at radius 1 is 1.03 bits per heavy atom. The average molecular weight is 469 g/mol. The minimum atomic E-state index is -1.12. The third kappa shape index (κ3) is 2.80. The molecule has 34 heavy (non-hydrogen) atoms. The van der Waals surface area contributed by atoms with Crippen LogP contribution < -0.4 is 0 Å². The van der Waals surface area contributed by atoms with E-state index in [1.54, 1.807) is 0 Å². The Balaban J connectivity index is 1.24. The van der Waals surface area contributed by atoms with Crippen LogP contribution in [0.15, 0.2) is 30.3 Å². The Bertz CT molecular complexity index is 920. The zero-order valence-corrected chi connectivity index (χ0v) is 21.5. The van der Waals surface area contributed by atoms with Crippen LogP contribution in [0.2, 0.25) is 0 Å². The molecule has 0 bridgehead atoms. The van der Waals surface area contributed by atoms with Crippen LogP contribution in [0.25, 0.3) is 0 Å². The lowest BCUT2D eigenvalue weighted by Gasteiger charge is -2.61. The largest absolute Gasteiger partial charge is 0.390 e. The van der Waals surface area contributed by atoms with E-state index in [-0.39, 0.29) is 11.3 Å². The molecule has 4 nitrogen and oxygen atoms in total. The van der Waals surface area contributed by atoms with E-state index < -0.39 is 11.7 Å². The van der Waals surface area contributed by atoms with Crippen molar-refractivity contribution in [1.29, 1.82) is 0 Å². The summed E-state index contributed by atoms with van der Waals surface area (Å²) in [5.74, 6) is 2.31. The smallest absolute Gasteiger partial charge is 0.101 e. The monoisotopic (exact) mass is 468 g/mol. The summed E-state index contributed by atoms with van der Waals surface area (Å²) in [5.41, 5.74) is 0.504. The number of hydrogen-bond acceptors (Lipinski definition) is 4. The first-order chi connectivity index (χ1) is 16.2. The molecule has 1 aromatic carbocycles. The summed E-state index contributed by atoms with van der Waals surface area (Å²) in [6.07, 6.45) is 7.69. The Kier molecular flexibility index (Phi) is 5.37. The summed E-state index contributed by atoms with van der Waals surface area (Å²) in [6, 6.07) is 10.2. The fourth-order valence-corrected chi connectivity index (χ4v) is 10.6. The lowest BCUT2D eigenvalue weighted by molar-refractivity contribution is -0.208. The first-order valence-electron chi connectivity index (χ1n) is 13.8. The first-order valence-corrected chi connectivity index (χ1v) is 13.8. The molecule has 0 heterocycles. The van der Waals surface area contributed by atoms with Gasteiger partial charge in [-0.2, -0.15) is 0 Å². The molecule has 11 atom stereocenters. The molecule has 1 spiro atoms. The van der Waals surface area contributed by atoms with Gasteiger partial charge >= 0.3 is 0 Å². The second-order valence-corrected chi connectivity index (χ2v) is 13.2. The van der Waals surface area contributed by atoms with Crippen molar-refractivity contribution in [2.45, 2.75) is 90.1 Å². The summed E-state index contributed by atoms with van der Waals surface area (Å²) < 4.78 is 12.3. The van der Waals surface area contributed by atoms with Crippen LogP contribution in [0, 0.1) is 45.8 Å². The Labute approximate surface area is 205 Å². The zero-order chi connectivity index (χ0) is 23.9. The first kappa shape index (κ1) is 23.5. The quantitative estimate of drug-likeness (QED) is 0.602. The number of rotatable bonds is 6. The molecule has 5 saturated carbocycles. The van der Waals surface area contributed by atoms with Crippen molar-refractivity contribution in [2.75, 3.05) is 13.7 Å². The molecule has 0 aromatic heterocycles. The predicted octanol–water partition coefficient (Wildman–Crippen LogP) is 5.21. The van der Waals surface area contributed by atoms with Gasteiger partial charge in [0.15, 0.2) is 0 Å². The highest BCUT2D eigenvalue weighted by atomic mass is 16.5. The molecule has 5 aliphatic carbocycles. The Morgan fingerprint density at radius 2 is 1.76 bits per heavy atom. The van der Waals surface area contributed by atoms with Crippen molar-refractivity contribution in [1.82, 2.24) is 0 Å². The standard InChI is InChI=1S/C30H44O4/c1-19(17-34-18-20-8-6-5-7-9-20)30(32)25(31)15-24-22-14-26(33-4)29-16-21(29)10-12-27(29,2)23(22)11-13-28(24,30)3/h5-9,19,21-26,31-32H,10-18H2,1-4H3/t19-,21+,22-,23+,24+,25+,26-,27-,28+,29+,30-/m1/s1. The number of ether oxygens (including phenoxy) is 2. The third-order valence-electron chi connectivity index (χ3n) is 12.3. The van der Waals surface area contributed by atoms with Crippen LogP contribution in [0.1, 0.15) is 71.3 Å². The van der Waals surface area contributed by atoms with Crippen LogP contribution in [0.3, 0.4) is 0 Å². The number of benzene rings is 1. The van der Waals surface area contributed by atoms with E-state index in [0.717, 1.165) is 24.3 Å². The van der Waals surface area contributed by atoms with E-state index >= 15 is 0 Å². The average Bonchev–Trinajstić information content (AvgIpc) is 3.43. The molecule has 2 N–H and O–H groups in total. The van der Waals surface area contributed by atoms with Crippen LogP contribution >= 0.6 is 0 Å². The number of aliphatic hydroxyl groups excluding tert-OH is 1. The minimum absolute atomic E-state index is 0.124. The van der Waals surface area contributed by atoms with Gasteiger partial charge in [0.2, 0.25) is 0 Å². The van der Waals surface area contributed by atoms with E-state index in [1.165, 1.54) is 25.7 Å². The highest BCUT2D eigenvalue weighted by molar-refractivity contribution is 5.27. The fraction of sp³-hybridized carbons (Fsp3) is 0.800. The molecule has 4 heteroatoms. The van der Waals surface area contributed by atoms with Crippen molar-refractivity contribution < 1.29 is 19.7 Å². The van der Waals surface area contributed by atoms with Crippen molar-refractivity contribution >= 4 is 0 Å². The molecule has 0 radical (unpaired) electrons. The van der Waals surface area contributed by atoms with E-state index in [4.69, 9.17) is 9.47 Å². The van der Waals surface area contributed by atoms with E-state index in [9.17, 15) is 10.2 Å². The Morgan fingerprint density at radius 3 is 2.47 bits per heavy atom. The summed E-state index contributed by atoms with van der Waals surface area (Å²) in [5, 5.41) is 23.7. The summed E-state index contributed by atoms with van der Waals surface area (Å²) >= 11 is 0. The Hall–Kier alpha value is -0.940. The molecular weight excluding hydrogens is 424 g/mol. The van der Waals surface area contributed by atoms with Crippen molar-refractivity contribution in [3.8, 4) is 0 Å². The molecule has 0 unspecified atom stereocenters. The molecule has 0 saturated heterocycles. The molecular formula is C30H44O4. The molecule has 1 aromatic rings. The van der Waals surface area contributed by atoms with Gasteiger partial charge in [-0.25, -0.2) is 0 Å². The predicted molar refractivity (Wildman–Crippen MR) is 132 cm³/mol. The van der Waals surface area contributed by atoms with Gasteiger partial charge in [0.25, 0.3) is 0 Å². The van der Waals surface area contributed by atoms with E-state index in [2.05, 4.69) is 32.9 Å². The number of aliphatic hydroxyl groups is 2. The zero-order valence-electron chi connectivity index (χ0n) is 21.5. The highest BCUT2D eigenvalue weighted by Crippen LogP contribution is 2.82. The second kappa shape index (κ2) is 7.78. The van der Waals surface area contributed by atoms with Crippen molar-refractivity contribution in [3.63, 3.8) is 0 Å². The van der Waals surface area contributed by atoms with Gasteiger partial charge in [0.1, 0.15) is 5.60 Å². The van der Waals surface area contributed by atoms with Gasteiger partial charge in [0, 0.05) is 23.9 Å². The molecule has 0 aliphatic heterocycles. The van der Waals surface area contributed by atoms with Gasteiger partial charge in [-0.3, -0.25) is 0 Å². The van der Waals surface area contributed by atoms with Gasteiger partial charge in [0.05, 0.1) is 25.4 Å². The van der Waals surface area contributed by atoms with Crippen LogP contribution in [-0.2, 0) is 16.1 Å². The van der Waals surface area contributed by atoms with Crippen LogP contribution in [-0.4, -0.2) is 41.7 Å². The van der Waals surface area contributed by atoms with E-state index in [0.29, 0.717) is 54.3 Å². The summed E-state index contributed by atoms with van der Waals surface area (Å²) in [4.78, 5) is 0.